The molecule has 0 spiro atoms. The maximum absolute atomic E-state index is 12.1. The topological polar surface area (TPSA) is 63.2 Å². The molecule has 23 heavy (non-hydrogen) atoms. The molecular weight excluding hydrogens is 290 g/mol. The smallest absolute Gasteiger partial charge is 0.252 e. The normalized spacial score (nSPS) is 10.4. The van der Waals surface area contributed by atoms with Gasteiger partial charge in [-0.05, 0) is 43.5 Å². The Labute approximate surface area is 137 Å². The molecule has 0 aliphatic heterocycles. The fraction of sp³-hybridized carbons (Fsp3) is 0.333. The number of carbonyl (C=O) groups is 1. The second-order valence-electron chi connectivity index (χ2n) is 5.51. The van der Waals surface area contributed by atoms with Gasteiger partial charge in [-0.15, -0.1) is 0 Å². The number of nitrogens with zero attached hydrogens (tertiary/aromatic N) is 1. The van der Waals surface area contributed by atoms with Gasteiger partial charge in [-0.25, -0.2) is 0 Å². The summed E-state index contributed by atoms with van der Waals surface area (Å²) in [6.45, 7) is 5.31. The van der Waals surface area contributed by atoms with E-state index in [1.54, 1.807) is 25.6 Å². The van der Waals surface area contributed by atoms with E-state index in [1.807, 2.05) is 13.8 Å². The standard InChI is InChI=1S/C18H23N3O2/c1-13-5-6-14(2)17(9-13)21-16-10-15(11-19-12-16)18(22)20-7-4-8-23-3/h5-6,9-12,21H,4,7-8H2,1-3H3,(H,20,22). The summed E-state index contributed by atoms with van der Waals surface area (Å²) in [5, 5.41) is 6.18. The predicted molar refractivity (Wildman–Crippen MR) is 92.3 cm³/mol. The van der Waals surface area contributed by atoms with E-state index in [0.717, 1.165) is 23.4 Å². The average molecular weight is 313 g/mol. The maximum Gasteiger partial charge on any atom is 0.252 e. The summed E-state index contributed by atoms with van der Waals surface area (Å²) >= 11 is 0. The van der Waals surface area contributed by atoms with Crippen molar-refractivity contribution in [1.29, 1.82) is 0 Å². The lowest BCUT2D eigenvalue weighted by molar-refractivity contribution is 0.0948. The predicted octanol–water partition coefficient (Wildman–Crippen LogP) is 3.21. The number of nitrogens with one attached hydrogen (secondary N) is 2. The van der Waals surface area contributed by atoms with Crippen molar-refractivity contribution in [1.82, 2.24) is 10.3 Å². The number of anilines is 2. The first-order chi connectivity index (χ1) is 11.1. The highest BCUT2D eigenvalue weighted by Crippen LogP contribution is 2.21. The molecule has 1 aromatic heterocycles. The van der Waals surface area contributed by atoms with Crippen LogP contribution in [0.1, 0.15) is 27.9 Å². The zero-order valence-electron chi connectivity index (χ0n) is 13.8. The molecule has 1 amide bonds. The molecule has 5 nitrogen and oxygen atoms in total. The van der Waals surface area contributed by atoms with Crippen molar-refractivity contribution in [3.05, 3.63) is 53.3 Å². The van der Waals surface area contributed by atoms with Crippen molar-refractivity contribution in [3.63, 3.8) is 0 Å². The van der Waals surface area contributed by atoms with E-state index in [0.29, 0.717) is 18.7 Å². The first-order valence-corrected chi connectivity index (χ1v) is 7.66. The van der Waals surface area contributed by atoms with Gasteiger partial charge in [0, 0.05) is 32.1 Å². The van der Waals surface area contributed by atoms with Gasteiger partial charge in [0.05, 0.1) is 17.4 Å². The van der Waals surface area contributed by atoms with Gasteiger partial charge in [-0.2, -0.15) is 0 Å². The van der Waals surface area contributed by atoms with Gasteiger partial charge >= 0.3 is 0 Å². The summed E-state index contributed by atoms with van der Waals surface area (Å²) in [5.41, 5.74) is 4.67. The molecule has 1 heterocycles. The van der Waals surface area contributed by atoms with Crippen LogP contribution in [-0.2, 0) is 4.74 Å². The summed E-state index contributed by atoms with van der Waals surface area (Å²) in [4.78, 5) is 16.3. The van der Waals surface area contributed by atoms with Crippen LogP contribution in [0.5, 0.6) is 0 Å². The molecule has 0 saturated heterocycles. The van der Waals surface area contributed by atoms with Gasteiger partial charge in [0.25, 0.3) is 5.91 Å². The highest BCUT2D eigenvalue weighted by Gasteiger charge is 2.07. The Morgan fingerprint density at radius 2 is 2.04 bits per heavy atom. The number of pyridine rings is 1. The van der Waals surface area contributed by atoms with Crippen LogP contribution in [0.25, 0.3) is 0 Å². The number of hydrogen-bond acceptors (Lipinski definition) is 4. The summed E-state index contributed by atoms with van der Waals surface area (Å²) < 4.78 is 4.96. The van der Waals surface area contributed by atoms with E-state index < -0.39 is 0 Å². The first kappa shape index (κ1) is 17.0. The Kier molecular flexibility index (Phi) is 6.11. The number of ether oxygens (including phenoxy) is 1. The van der Waals surface area contributed by atoms with E-state index in [1.165, 1.54) is 5.56 Å². The van der Waals surface area contributed by atoms with Crippen LogP contribution in [0.3, 0.4) is 0 Å². The van der Waals surface area contributed by atoms with Crippen LogP contribution in [0.2, 0.25) is 0 Å². The Hall–Kier alpha value is -2.40. The fourth-order valence-electron chi connectivity index (χ4n) is 2.18. The molecule has 2 rings (SSSR count). The van der Waals surface area contributed by atoms with Gasteiger partial charge in [-0.1, -0.05) is 12.1 Å². The number of rotatable bonds is 7. The molecule has 0 bridgehead atoms. The van der Waals surface area contributed by atoms with Crippen molar-refractivity contribution >= 4 is 17.3 Å². The number of hydrogen-bond donors (Lipinski definition) is 2. The van der Waals surface area contributed by atoms with Crippen LogP contribution in [-0.4, -0.2) is 31.2 Å². The zero-order valence-corrected chi connectivity index (χ0v) is 13.8. The summed E-state index contributed by atoms with van der Waals surface area (Å²) in [5.74, 6) is -0.127. The highest BCUT2D eigenvalue weighted by molar-refractivity contribution is 5.94. The number of aromatic nitrogens is 1. The van der Waals surface area contributed by atoms with Crippen LogP contribution in [0.4, 0.5) is 11.4 Å². The zero-order chi connectivity index (χ0) is 16.7. The average Bonchev–Trinajstić information content (AvgIpc) is 2.55. The lowest BCUT2D eigenvalue weighted by Crippen LogP contribution is -2.25. The monoisotopic (exact) mass is 313 g/mol. The Bertz CT molecular complexity index is 671. The molecule has 0 unspecified atom stereocenters. The molecule has 122 valence electrons. The minimum Gasteiger partial charge on any atom is -0.385 e. The van der Waals surface area contributed by atoms with Gasteiger partial charge < -0.3 is 15.4 Å². The van der Waals surface area contributed by atoms with Crippen molar-refractivity contribution in [2.75, 3.05) is 25.6 Å². The maximum atomic E-state index is 12.1. The molecule has 0 aliphatic rings. The van der Waals surface area contributed by atoms with Gasteiger partial charge in [-0.3, -0.25) is 9.78 Å². The van der Waals surface area contributed by atoms with Crippen LogP contribution >= 0.6 is 0 Å². The van der Waals surface area contributed by atoms with E-state index in [9.17, 15) is 4.79 Å². The van der Waals surface area contributed by atoms with Crippen molar-refractivity contribution in [3.8, 4) is 0 Å². The Balaban J connectivity index is 2.04. The molecule has 2 aromatic rings. The molecule has 0 saturated carbocycles. The molecule has 0 fully saturated rings. The highest BCUT2D eigenvalue weighted by atomic mass is 16.5. The van der Waals surface area contributed by atoms with Crippen molar-refractivity contribution in [2.45, 2.75) is 20.3 Å². The number of methoxy groups -OCH3 is 1. The molecule has 0 aliphatic carbocycles. The number of carbonyl (C=O) groups excluding carboxylic acids is 1. The molecule has 1 aromatic carbocycles. The van der Waals surface area contributed by atoms with E-state index >= 15 is 0 Å². The van der Waals surface area contributed by atoms with Crippen LogP contribution in [0.15, 0.2) is 36.7 Å². The van der Waals surface area contributed by atoms with Gasteiger partial charge in [0.2, 0.25) is 0 Å². The number of benzene rings is 1. The van der Waals surface area contributed by atoms with E-state index in [4.69, 9.17) is 4.74 Å². The fourth-order valence-corrected chi connectivity index (χ4v) is 2.18. The number of amides is 1. The minimum absolute atomic E-state index is 0.127. The molecule has 5 heteroatoms. The third-order valence-electron chi connectivity index (χ3n) is 3.48. The molecule has 0 radical (unpaired) electrons. The lowest BCUT2D eigenvalue weighted by atomic mass is 10.1. The molecule has 2 N–H and O–H groups in total. The van der Waals surface area contributed by atoms with Gasteiger partial charge in [0.15, 0.2) is 0 Å². The van der Waals surface area contributed by atoms with Crippen LogP contribution < -0.4 is 10.6 Å². The quantitative estimate of drug-likeness (QED) is 0.771. The number of aryl methyl sites for hydroxylation is 2. The van der Waals surface area contributed by atoms with Crippen molar-refractivity contribution < 1.29 is 9.53 Å². The third-order valence-corrected chi connectivity index (χ3v) is 3.48. The summed E-state index contributed by atoms with van der Waals surface area (Å²) in [6.07, 6.45) is 4.07. The Morgan fingerprint density at radius 1 is 1.22 bits per heavy atom. The van der Waals surface area contributed by atoms with Crippen molar-refractivity contribution in [2.24, 2.45) is 0 Å². The second-order valence-corrected chi connectivity index (χ2v) is 5.51. The van der Waals surface area contributed by atoms with E-state index in [-0.39, 0.29) is 5.91 Å². The van der Waals surface area contributed by atoms with E-state index in [2.05, 4.69) is 33.8 Å². The summed E-state index contributed by atoms with van der Waals surface area (Å²) in [7, 11) is 1.65. The van der Waals surface area contributed by atoms with Crippen LogP contribution in [0, 0.1) is 13.8 Å². The lowest BCUT2D eigenvalue weighted by Gasteiger charge is -2.11. The summed E-state index contributed by atoms with van der Waals surface area (Å²) in [6, 6.07) is 8.02. The Morgan fingerprint density at radius 3 is 2.83 bits per heavy atom. The SMILES string of the molecule is COCCCNC(=O)c1cncc(Nc2cc(C)ccc2C)c1. The second kappa shape index (κ2) is 8.29. The first-order valence-electron chi connectivity index (χ1n) is 7.66. The largest absolute Gasteiger partial charge is 0.385 e. The third kappa shape index (κ3) is 5.07. The molecular formula is C18H23N3O2. The molecule has 0 atom stereocenters. The minimum atomic E-state index is -0.127. The van der Waals surface area contributed by atoms with Gasteiger partial charge in [0.1, 0.15) is 0 Å².